The van der Waals surface area contributed by atoms with Gasteiger partial charge in [-0.05, 0) is 25.5 Å². The molecule has 254 valence electrons. The summed E-state index contributed by atoms with van der Waals surface area (Å²) in [6.45, 7) is 2.70. The number of hydrogen-bond acceptors (Lipinski definition) is 8. The molecule has 0 spiro atoms. The maximum atomic E-state index is 13.3. The van der Waals surface area contributed by atoms with Crippen molar-refractivity contribution < 1.29 is 19.4 Å². The number of anilines is 1. The second-order valence-electron chi connectivity index (χ2n) is 12.0. The van der Waals surface area contributed by atoms with E-state index in [1.165, 1.54) is 20.9 Å². The number of nitrogens with zero attached hydrogens (tertiary/aromatic N) is 5. The van der Waals surface area contributed by atoms with Gasteiger partial charge in [0.25, 0.3) is 5.56 Å². The molecule has 2 aromatic carbocycles. The summed E-state index contributed by atoms with van der Waals surface area (Å²) in [4.78, 5) is 42.6. The lowest BCUT2D eigenvalue weighted by Crippen LogP contribution is -2.40. The van der Waals surface area contributed by atoms with E-state index in [4.69, 9.17) is 32.9 Å². The van der Waals surface area contributed by atoms with Crippen molar-refractivity contribution >= 4 is 46.5 Å². The molecule has 3 aromatic heterocycles. The van der Waals surface area contributed by atoms with Crippen molar-refractivity contribution in [2.24, 2.45) is 7.05 Å². The Morgan fingerprint density at radius 3 is 2.43 bits per heavy atom. The van der Waals surface area contributed by atoms with Gasteiger partial charge in [0.15, 0.2) is 0 Å². The highest BCUT2D eigenvalue weighted by molar-refractivity contribution is 6.39. The predicted octanol–water partition coefficient (Wildman–Crippen LogP) is 5.02. The number of carbonyl (C=O) groups is 2. The standard InChI is InChI=1S/C35H35Cl2N7O5/c1-19(34(47)48)42(2)35-41-44-18-21(15-28(44)33(46)43(35)3)23-7-5-8-24(30(23)36)25-9-6-10-26(31(25)37)27-13-11-20(32(40-27)49-4)16-38-17-22-12-14-29(45)39-22/h5-11,13,15,18-19,22,38H,12,14,16-17H2,1-4H3,(H,39,45)(H,47,48)/t19?,22-/m0/s1. The van der Waals surface area contributed by atoms with Crippen LogP contribution in [0.25, 0.3) is 39.0 Å². The Balaban J connectivity index is 1.31. The molecule has 0 radical (unpaired) electrons. The van der Waals surface area contributed by atoms with Crippen molar-refractivity contribution in [1.82, 2.24) is 29.8 Å². The first kappa shape index (κ1) is 34.0. The van der Waals surface area contributed by atoms with Crippen molar-refractivity contribution in [2.75, 3.05) is 25.6 Å². The highest BCUT2D eigenvalue weighted by atomic mass is 35.5. The number of rotatable bonds is 11. The van der Waals surface area contributed by atoms with Gasteiger partial charge in [0.05, 0.1) is 22.8 Å². The quantitative estimate of drug-likeness (QED) is 0.173. The van der Waals surface area contributed by atoms with E-state index < -0.39 is 12.0 Å². The minimum absolute atomic E-state index is 0.0817. The van der Waals surface area contributed by atoms with E-state index in [0.717, 1.165) is 12.0 Å². The highest BCUT2D eigenvalue weighted by Crippen LogP contribution is 2.42. The Hall–Kier alpha value is -4.91. The molecule has 1 aliphatic rings. The first-order valence-electron chi connectivity index (χ1n) is 15.7. The van der Waals surface area contributed by atoms with Crippen LogP contribution in [-0.2, 0) is 23.2 Å². The van der Waals surface area contributed by atoms with Crippen LogP contribution in [0.2, 0.25) is 10.0 Å². The van der Waals surface area contributed by atoms with Crippen molar-refractivity contribution in [1.29, 1.82) is 0 Å². The zero-order chi connectivity index (χ0) is 35.0. The van der Waals surface area contributed by atoms with Crippen LogP contribution in [0, 0.1) is 0 Å². The molecule has 4 heterocycles. The summed E-state index contributed by atoms with van der Waals surface area (Å²) in [6.07, 6.45) is 3.06. The number of nitrogens with one attached hydrogen (secondary N) is 2. The van der Waals surface area contributed by atoms with Crippen molar-refractivity contribution in [3.8, 4) is 39.4 Å². The number of likely N-dealkylation sites (N-methyl/N-ethyl adjacent to an activating group) is 1. The molecule has 1 saturated heterocycles. The van der Waals surface area contributed by atoms with Crippen LogP contribution < -0.4 is 25.8 Å². The Labute approximate surface area is 292 Å². The van der Waals surface area contributed by atoms with Crippen LogP contribution in [0.4, 0.5) is 5.95 Å². The van der Waals surface area contributed by atoms with Gasteiger partial charge in [0.2, 0.25) is 17.7 Å². The van der Waals surface area contributed by atoms with Gasteiger partial charge in [0, 0.05) is 79.2 Å². The number of methoxy groups -OCH3 is 1. The fourth-order valence-electron chi connectivity index (χ4n) is 5.96. The molecule has 1 aliphatic heterocycles. The van der Waals surface area contributed by atoms with E-state index in [0.29, 0.717) is 74.5 Å². The number of carbonyl (C=O) groups excluding carboxylic acids is 1. The second-order valence-corrected chi connectivity index (χ2v) is 12.7. The number of ether oxygens (including phenoxy) is 1. The lowest BCUT2D eigenvalue weighted by atomic mass is 9.97. The molecule has 49 heavy (non-hydrogen) atoms. The van der Waals surface area contributed by atoms with E-state index in [9.17, 15) is 19.5 Å². The van der Waals surface area contributed by atoms with Crippen LogP contribution in [-0.4, -0.2) is 68.9 Å². The number of aliphatic carboxylic acids is 1. The van der Waals surface area contributed by atoms with E-state index in [1.54, 1.807) is 33.5 Å². The Morgan fingerprint density at radius 2 is 1.78 bits per heavy atom. The maximum Gasteiger partial charge on any atom is 0.326 e. The molecule has 3 N–H and O–H groups in total. The Morgan fingerprint density at radius 1 is 1.10 bits per heavy atom. The smallest absolute Gasteiger partial charge is 0.326 e. The number of fused-ring (bicyclic) bond motifs is 1. The number of halogens is 2. The zero-order valence-corrected chi connectivity index (χ0v) is 28.8. The fraction of sp³-hybridized carbons (Fsp3) is 0.286. The fourth-order valence-corrected chi connectivity index (χ4v) is 6.62. The Kier molecular flexibility index (Phi) is 9.64. The van der Waals surface area contributed by atoms with Gasteiger partial charge in [-0.3, -0.25) is 14.2 Å². The number of carboxylic acid groups (broad SMARTS) is 1. The molecular formula is C35H35Cl2N7O5. The molecule has 14 heteroatoms. The molecule has 12 nitrogen and oxygen atoms in total. The average molecular weight is 705 g/mol. The number of hydrogen-bond donors (Lipinski definition) is 3. The first-order chi connectivity index (χ1) is 23.5. The van der Waals surface area contributed by atoms with Crippen LogP contribution in [0.15, 0.2) is 65.6 Å². The van der Waals surface area contributed by atoms with Gasteiger partial charge >= 0.3 is 5.97 Å². The van der Waals surface area contributed by atoms with Crippen molar-refractivity contribution in [3.05, 3.63) is 86.8 Å². The van der Waals surface area contributed by atoms with Gasteiger partial charge in [-0.25, -0.2) is 14.3 Å². The highest BCUT2D eigenvalue weighted by Gasteiger charge is 2.24. The van der Waals surface area contributed by atoms with Crippen molar-refractivity contribution in [2.45, 2.75) is 38.4 Å². The normalized spacial score (nSPS) is 15.0. The van der Waals surface area contributed by atoms with Gasteiger partial charge in [-0.1, -0.05) is 65.7 Å². The summed E-state index contributed by atoms with van der Waals surface area (Å²) in [5.41, 5.74) is 4.86. The number of pyridine rings is 1. The van der Waals surface area contributed by atoms with Gasteiger partial charge in [0.1, 0.15) is 11.6 Å². The molecule has 0 aliphatic carbocycles. The minimum Gasteiger partial charge on any atom is -0.481 e. The Bertz CT molecular complexity index is 2150. The number of amides is 1. The van der Waals surface area contributed by atoms with Crippen molar-refractivity contribution in [3.63, 3.8) is 0 Å². The second kappa shape index (κ2) is 13.9. The first-order valence-corrected chi connectivity index (χ1v) is 16.4. The van der Waals surface area contributed by atoms with E-state index in [-0.39, 0.29) is 23.5 Å². The van der Waals surface area contributed by atoms with Gasteiger partial charge < -0.3 is 25.4 Å². The van der Waals surface area contributed by atoms with Crippen LogP contribution in [0.5, 0.6) is 5.88 Å². The molecule has 1 fully saturated rings. The summed E-state index contributed by atoms with van der Waals surface area (Å²) < 4.78 is 8.39. The van der Waals surface area contributed by atoms with Gasteiger partial charge in [-0.15, -0.1) is 5.10 Å². The monoisotopic (exact) mass is 703 g/mol. The van der Waals surface area contributed by atoms with Crippen LogP contribution in [0.1, 0.15) is 25.3 Å². The third-order valence-corrected chi connectivity index (χ3v) is 9.69. The summed E-state index contributed by atoms with van der Waals surface area (Å²) in [6, 6.07) is 16.0. The minimum atomic E-state index is -1.04. The lowest BCUT2D eigenvalue weighted by Gasteiger charge is -2.23. The van der Waals surface area contributed by atoms with Crippen LogP contribution >= 0.6 is 23.2 Å². The van der Waals surface area contributed by atoms with Crippen LogP contribution in [0.3, 0.4) is 0 Å². The lowest BCUT2D eigenvalue weighted by molar-refractivity contribution is -0.138. The summed E-state index contributed by atoms with van der Waals surface area (Å²) in [5, 5.41) is 21.2. The molecule has 0 bridgehead atoms. The molecular weight excluding hydrogens is 669 g/mol. The zero-order valence-electron chi connectivity index (χ0n) is 27.3. The third-order valence-electron chi connectivity index (χ3n) is 8.87. The average Bonchev–Trinajstić information content (AvgIpc) is 3.72. The van der Waals surface area contributed by atoms with E-state index >= 15 is 0 Å². The predicted molar refractivity (Wildman–Crippen MR) is 189 cm³/mol. The molecule has 6 rings (SSSR count). The number of benzene rings is 2. The molecule has 5 aromatic rings. The SMILES string of the molecule is COc1nc(-c2cccc(-c3cccc(-c4cc5c(=O)n(C)c(N(C)C(C)C(=O)O)nn5c4)c3Cl)c2Cl)ccc1CNC[C@@H]1CCC(=O)N1. The number of carboxylic acids is 1. The number of aromatic nitrogens is 4. The van der Waals surface area contributed by atoms with Gasteiger partial charge in [-0.2, -0.15) is 0 Å². The topological polar surface area (TPSA) is 143 Å². The molecule has 1 amide bonds. The van der Waals surface area contributed by atoms with E-state index in [1.807, 2.05) is 48.5 Å². The molecule has 1 unspecified atom stereocenters. The molecule has 0 saturated carbocycles. The third kappa shape index (κ3) is 6.59. The summed E-state index contributed by atoms with van der Waals surface area (Å²) in [7, 11) is 4.70. The van der Waals surface area contributed by atoms with E-state index in [2.05, 4.69) is 15.7 Å². The molecule has 2 atom stereocenters. The maximum absolute atomic E-state index is 13.3. The summed E-state index contributed by atoms with van der Waals surface area (Å²) in [5.74, 6) is -0.289. The largest absolute Gasteiger partial charge is 0.481 e. The summed E-state index contributed by atoms with van der Waals surface area (Å²) >= 11 is 14.1.